The van der Waals surface area contributed by atoms with Gasteiger partial charge in [-0.3, -0.25) is 0 Å². The van der Waals surface area contributed by atoms with E-state index in [0.29, 0.717) is 25.0 Å². The summed E-state index contributed by atoms with van der Waals surface area (Å²) >= 11 is 0. The van der Waals surface area contributed by atoms with Crippen LogP contribution >= 0.6 is 0 Å². The molecule has 0 saturated carbocycles. The first kappa shape index (κ1) is 20.8. The molecule has 0 spiro atoms. The number of unbranched alkanes of at least 4 members (excludes halogenated alkanes) is 4. The van der Waals surface area contributed by atoms with E-state index in [-0.39, 0.29) is 31.5 Å². The third-order valence-corrected chi connectivity index (χ3v) is 3.36. The molecule has 0 saturated heterocycles. The van der Waals surface area contributed by atoms with Crippen molar-refractivity contribution in [1.29, 1.82) is 0 Å². The van der Waals surface area contributed by atoms with Crippen LogP contribution in [0.4, 0.5) is 26.3 Å². The van der Waals surface area contributed by atoms with E-state index in [1.807, 2.05) is 0 Å². The van der Waals surface area contributed by atoms with Gasteiger partial charge in [0.1, 0.15) is 0 Å². The van der Waals surface area contributed by atoms with Gasteiger partial charge in [-0.25, -0.2) is 0 Å². The zero-order valence-electron chi connectivity index (χ0n) is 13.0. The minimum Gasteiger partial charge on any atom is -0.396 e. The molecule has 0 aliphatic rings. The van der Waals surface area contributed by atoms with Crippen molar-refractivity contribution >= 4 is 0 Å². The predicted molar refractivity (Wildman–Crippen MR) is 76.3 cm³/mol. The third kappa shape index (κ3) is 7.53. The van der Waals surface area contributed by atoms with Crippen molar-refractivity contribution in [3.05, 3.63) is 34.9 Å². The number of rotatable bonds is 9. The van der Waals surface area contributed by atoms with Crippen molar-refractivity contribution in [2.45, 2.75) is 51.1 Å². The minimum atomic E-state index is -4.84. The number of hydrogen-bond donors (Lipinski definition) is 1. The van der Waals surface area contributed by atoms with Gasteiger partial charge in [0, 0.05) is 13.2 Å². The van der Waals surface area contributed by atoms with Crippen molar-refractivity contribution in [3.63, 3.8) is 0 Å². The lowest BCUT2D eigenvalue weighted by molar-refractivity contribution is -0.143. The number of ether oxygens (including phenoxy) is 1. The van der Waals surface area contributed by atoms with Crippen molar-refractivity contribution in [1.82, 2.24) is 0 Å². The number of alkyl halides is 6. The molecule has 138 valence electrons. The van der Waals surface area contributed by atoms with Crippen LogP contribution in [-0.4, -0.2) is 18.3 Å². The van der Waals surface area contributed by atoms with E-state index in [1.54, 1.807) is 0 Å². The Kier molecular flexibility index (Phi) is 8.02. The average Bonchev–Trinajstić information content (AvgIpc) is 2.48. The topological polar surface area (TPSA) is 29.5 Å². The van der Waals surface area contributed by atoms with Gasteiger partial charge in [0.25, 0.3) is 0 Å². The van der Waals surface area contributed by atoms with Crippen molar-refractivity contribution in [2.75, 3.05) is 13.2 Å². The fourth-order valence-electron chi connectivity index (χ4n) is 2.14. The summed E-state index contributed by atoms with van der Waals surface area (Å²) < 4.78 is 81.4. The summed E-state index contributed by atoms with van der Waals surface area (Å²) in [6.45, 7) is 0.0912. The van der Waals surface area contributed by atoms with Gasteiger partial charge in [-0.1, -0.05) is 19.3 Å². The molecular formula is C16H20F6O2. The van der Waals surface area contributed by atoms with Gasteiger partial charge in [-0.2, -0.15) is 26.3 Å². The fourth-order valence-corrected chi connectivity index (χ4v) is 2.14. The zero-order chi connectivity index (χ0) is 18.2. The molecule has 0 aliphatic carbocycles. The quantitative estimate of drug-likeness (QED) is 0.487. The highest BCUT2D eigenvalue weighted by Gasteiger charge is 2.36. The molecule has 1 aromatic rings. The summed E-state index contributed by atoms with van der Waals surface area (Å²) in [7, 11) is 0. The monoisotopic (exact) mass is 358 g/mol. The van der Waals surface area contributed by atoms with E-state index in [4.69, 9.17) is 9.84 Å². The second-order valence-corrected chi connectivity index (χ2v) is 5.46. The summed E-state index contributed by atoms with van der Waals surface area (Å²) in [6.07, 6.45) is -5.71. The van der Waals surface area contributed by atoms with Gasteiger partial charge in [-0.05, 0) is 36.6 Å². The highest BCUT2D eigenvalue weighted by molar-refractivity contribution is 5.33. The molecule has 0 bridgehead atoms. The summed E-state index contributed by atoms with van der Waals surface area (Å²) in [5.41, 5.74) is -2.82. The molecule has 8 heteroatoms. The second-order valence-electron chi connectivity index (χ2n) is 5.46. The van der Waals surface area contributed by atoms with E-state index in [9.17, 15) is 26.3 Å². The van der Waals surface area contributed by atoms with Gasteiger partial charge >= 0.3 is 12.4 Å². The van der Waals surface area contributed by atoms with Gasteiger partial charge in [0.15, 0.2) is 0 Å². The lowest BCUT2D eigenvalue weighted by Crippen LogP contribution is -2.12. The Morgan fingerprint density at radius 1 is 0.750 bits per heavy atom. The highest BCUT2D eigenvalue weighted by Crippen LogP contribution is 2.36. The highest BCUT2D eigenvalue weighted by atomic mass is 19.4. The molecule has 0 amide bonds. The zero-order valence-corrected chi connectivity index (χ0v) is 13.0. The second kappa shape index (κ2) is 9.27. The van der Waals surface area contributed by atoms with E-state index >= 15 is 0 Å². The van der Waals surface area contributed by atoms with Crippen molar-refractivity contribution in [2.24, 2.45) is 0 Å². The molecule has 0 unspecified atom stereocenters. The first-order valence-electron chi connectivity index (χ1n) is 7.61. The molecule has 1 rings (SSSR count). The average molecular weight is 358 g/mol. The molecule has 0 aliphatic heterocycles. The van der Waals surface area contributed by atoms with Crippen LogP contribution in [0.15, 0.2) is 18.2 Å². The largest absolute Gasteiger partial charge is 0.416 e. The normalized spacial score (nSPS) is 12.6. The van der Waals surface area contributed by atoms with Crippen LogP contribution in [0.1, 0.15) is 48.8 Å². The van der Waals surface area contributed by atoms with Crippen LogP contribution in [0.3, 0.4) is 0 Å². The number of benzene rings is 1. The van der Waals surface area contributed by atoms with Crippen LogP contribution in [0.5, 0.6) is 0 Å². The van der Waals surface area contributed by atoms with Gasteiger partial charge in [-0.15, -0.1) is 0 Å². The number of aliphatic hydroxyl groups is 1. The summed E-state index contributed by atoms with van der Waals surface area (Å²) in [5.74, 6) is 0. The van der Waals surface area contributed by atoms with E-state index in [1.165, 1.54) is 0 Å². The Balaban J connectivity index is 2.58. The molecule has 0 radical (unpaired) electrons. The van der Waals surface area contributed by atoms with E-state index in [2.05, 4.69) is 0 Å². The van der Waals surface area contributed by atoms with E-state index < -0.39 is 23.5 Å². The molecule has 0 atom stereocenters. The van der Waals surface area contributed by atoms with Crippen LogP contribution in [0, 0.1) is 0 Å². The van der Waals surface area contributed by atoms with Crippen molar-refractivity contribution in [3.8, 4) is 0 Å². The number of aliphatic hydroxyl groups excluding tert-OH is 1. The number of hydrogen-bond acceptors (Lipinski definition) is 2. The van der Waals surface area contributed by atoms with Crippen LogP contribution in [0.25, 0.3) is 0 Å². The van der Waals surface area contributed by atoms with Gasteiger partial charge in [0.2, 0.25) is 0 Å². The molecule has 2 nitrogen and oxygen atoms in total. The van der Waals surface area contributed by atoms with Crippen LogP contribution in [0.2, 0.25) is 0 Å². The Labute approximate surface area is 136 Å². The maximum absolute atomic E-state index is 12.7. The lowest BCUT2D eigenvalue weighted by atomic mass is 10.1. The van der Waals surface area contributed by atoms with Crippen LogP contribution < -0.4 is 0 Å². The Bertz CT molecular complexity index is 464. The minimum absolute atomic E-state index is 0.102. The Morgan fingerprint density at radius 2 is 1.25 bits per heavy atom. The first-order valence-corrected chi connectivity index (χ1v) is 7.61. The Morgan fingerprint density at radius 3 is 1.75 bits per heavy atom. The van der Waals surface area contributed by atoms with Gasteiger partial charge < -0.3 is 9.84 Å². The summed E-state index contributed by atoms with van der Waals surface area (Å²) in [6, 6.07) is 1.46. The van der Waals surface area contributed by atoms with Crippen molar-refractivity contribution < 1.29 is 36.2 Å². The Hall–Kier alpha value is -1.28. The maximum atomic E-state index is 12.7. The smallest absolute Gasteiger partial charge is 0.396 e. The van der Waals surface area contributed by atoms with Crippen LogP contribution in [-0.2, 0) is 23.7 Å². The van der Waals surface area contributed by atoms with Gasteiger partial charge in [0.05, 0.1) is 17.7 Å². The number of halogens is 6. The first-order chi connectivity index (χ1) is 11.1. The molecule has 24 heavy (non-hydrogen) atoms. The standard InChI is InChI=1S/C16H20F6O2/c17-15(18,19)13-8-12(9-14(10-13)16(20,21)22)11-24-7-5-3-1-2-4-6-23/h8-10,23H,1-7,11H2. The molecule has 0 heterocycles. The molecule has 1 aromatic carbocycles. The molecular weight excluding hydrogens is 338 g/mol. The van der Waals surface area contributed by atoms with E-state index in [0.717, 1.165) is 19.3 Å². The molecule has 0 fully saturated rings. The molecule has 0 aromatic heterocycles. The predicted octanol–water partition coefficient (Wildman–Crippen LogP) is 5.18. The summed E-state index contributed by atoms with van der Waals surface area (Å²) in [5, 5.41) is 8.61. The molecule has 1 N–H and O–H groups in total. The maximum Gasteiger partial charge on any atom is 0.416 e. The third-order valence-electron chi connectivity index (χ3n) is 3.36. The SMILES string of the molecule is OCCCCCCCOCc1cc(C(F)(F)F)cc(C(F)(F)F)c1. The summed E-state index contributed by atoms with van der Waals surface area (Å²) in [4.78, 5) is 0. The lowest BCUT2D eigenvalue weighted by Gasteiger charge is -2.14. The fraction of sp³-hybridized carbons (Fsp3) is 0.625.